The van der Waals surface area contributed by atoms with Gasteiger partial charge < -0.3 is 10.2 Å². The lowest BCUT2D eigenvalue weighted by atomic mass is 10.1. The van der Waals surface area contributed by atoms with Gasteiger partial charge in [-0.25, -0.2) is 4.39 Å². The highest BCUT2D eigenvalue weighted by Crippen LogP contribution is 2.21. The quantitative estimate of drug-likeness (QED) is 0.939. The van der Waals surface area contributed by atoms with Gasteiger partial charge in [0.1, 0.15) is 5.82 Å². The van der Waals surface area contributed by atoms with Crippen molar-refractivity contribution in [2.45, 2.75) is 20.0 Å². The molecule has 3 nitrogen and oxygen atoms in total. The minimum Gasteiger partial charge on any atom is -0.309 e. The summed E-state index contributed by atoms with van der Waals surface area (Å²) in [4.78, 5) is 14.3. The Hall–Kier alpha value is -2.20. The van der Waals surface area contributed by atoms with Gasteiger partial charge in [-0.05, 0) is 54.4 Å². The van der Waals surface area contributed by atoms with Crippen molar-refractivity contribution in [3.8, 4) is 0 Å². The summed E-state index contributed by atoms with van der Waals surface area (Å²) in [5.41, 5.74) is 3.80. The number of fused-ring (bicyclic) bond motifs is 1. The van der Waals surface area contributed by atoms with E-state index in [2.05, 4.69) is 5.32 Å². The molecule has 0 spiro atoms. The van der Waals surface area contributed by atoms with Crippen molar-refractivity contribution in [3.05, 3.63) is 65.0 Å². The highest BCUT2D eigenvalue weighted by molar-refractivity contribution is 6.06. The second kappa shape index (κ2) is 5.66. The zero-order valence-electron chi connectivity index (χ0n) is 11.9. The highest BCUT2D eigenvalue weighted by atomic mass is 19.1. The Labute approximate surface area is 123 Å². The molecule has 2 aromatic rings. The smallest absolute Gasteiger partial charge is 0.258 e. The Bertz CT molecular complexity index is 667. The number of carbonyl (C=O) groups excluding carboxylic acids is 1. The summed E-state index contributed by atoms with van der Waals surface area (Å²) < 4.78 is 13.0. The molecular weight excluding hydrogens is 267 g/mol. The van der Waals surface area contributed by atoms with Crippen LogP contribution in [0.5, 0.6) is 0 Å². The Balaban J connectivity index is 1.90. The molecule has 4 heteroatoms. The van der Waals surface area contributed by atoms with Crippen molar-refractivity contribution in [3.63, 3.8) is 0 Å². The standard InChI is InChI=1S/C17H17FN2O/c1-2-20(16-7-5-15(18)6-8-16)17(21)12-3-4-13-10-19-11-14(13)9-12/h3-9,19H,2,10-11H2,1H3. The summed E-state index contributed by atoms with van der Waals surface area (Å²) in [7, 11) is 0. The van der Waals surface area contributed by atoms with Crippen molar-refractivity contribution in [1.29, 1.82) is 0 Å². The second-order valence-corrected chi connectivity index (χ2v) is 5.11. The van der Waals surface area contributed by atoms with E-state index in [1.54, 1.807) is 17.0 Å². The predicted octanol–water partition coefficient (Wildman–Crippen LogP) is 3.10. The molecule has 2 aromatic carbocycles. The first kappa shape index (κ1) is 13.8. The zero-order valence-corrected chi connectivity index (χ0v) is 11.9. The summed E-state index contributed by atoms with van der Waals surface area (Å²) in [5.74, 6) is -0.357. The van der Waals surface area contributed by atoms with E-state index in [9.17, 15) is 9.18 Å². The van der Waals surface area contributed by atoms with Gasteiger partial charge in [-0.1, -0.05) is 6.07 Å². The van der Waals surface area contributed by atoms with Crippen molar-refractivity contribution in [1.82, 2.24) is 5.32 Å². The number of rotatable bonds is 3. The topological polar surface area (TPSA) is 32.3 Å². The molecule has 3 rings (SSSR count). The number of halogens is 1. The molecular formula is C17H17FN2O. The lowest BCUT2D eigenvalue weighted by Crippen LogP contribution is -2.30. The molecule has 1 aliphatic rings. The van der Waals surface area contributed by atoms with Gasteiger partial charge >= 0.3 is 0 Å². The summed E-state index contributed by atoms with van der Waals surface area (Å²) in [6.45, 7) is 4.12. The molecule has 0 unspecified atom stereocenters. The molecule has 108 valence electrons. The lowest BCUT2D eigenvalue weighted by Gasteiger charge is -2.21. The summed E-state index contributed by atoms with van der Waals surface area (Å²) in [6, 6.07) is 11.8. The zero-order chi connectivity index (χ0) is 14.8. The number of hydrogen-bond donors (Lipinski definition) is 1. The van der Waals surface area contributed by atoms with Crippen LogP contribution in [-0.2, 0) is 13.1 Å². The Morgan fingerprint density at radius 3 is 2.57 bits per heavy atom. The van der Waals surface area contributed by atoms with Crippen molar-refractivity contribution < 1.29 is 9.18 Å². The molecule has 0 saturated carbocycles. The monoisotopic (exact) mass is 284 g/mol. The van der Waals surface area contributed by atoms with Crippen molar-refractivity contribution in [2.75, 3.05) is 11.4 Å². The van der Waals surface area contributed by atoms with E-state index in [1.165, 1.54) is 23.3 Å². The fourth-order valence-electron chi connectivity index (χ4n) is 2.65. The van der Waals surface area contributed by atoms with Gasteiger partial charge in [-0.15, -0.1) is 0 Å². The summed E-state index contributed by atoms with van der Waals surface area (Å²) >= 11 is 0. The van der Waals surface area contributed by atoms with Crippen LogP contribution in [0.2, 0.25) is 0 Å². The van der Waals surface area contributed by atoms with Gasteiger partial charge in [-0.3, -0.25) is 4.79 Å². The average Bonchev–Trinajstić information content (AvgIpc) is 2.97. The van der Waals surface area contributed by atoms with Crippen LogP contribution in [0.1, 0.15) is 28.4 Å². The van der Waals surface area contributed by atoms with E-state index in [4.69, 9.17) is 0 Å². The molecule has 1 heterocycles. The van der Waals surface area contributed by atoms with Gasteiger partial charge in [0.2, 0.25) is 0 Å². The van der Waals surface area contributed by atoms with Crippen LogP contribution in [0.25, 0.3) is 0 Å². The van der Waals surface area contributed by atoms with Crippen molar-refractivity contribution >= 4 is 11.6 Å². The largest absolute Gasteiger partial charge is 0.309 e. The Kier molecular flexibility index (Phi) is 3.71. The Morgan fingerprint density at radius 2 is 1.86 bits per heavy atom. The molecule has 0 radical (unpaired) electrons. The van der Waals surface area contributed by atoms with Gasteiger partial charge in [-0.2, -0.15) is 0 Å². The third kappa shape index (κ3) is 2.67. The molecule has 21 heavy (non-hydrogen) atoms. The molecule has 0 atom stereocenters. The molecule has 0 bridgehead atoms. The van der Waals surface area contributed by atoms with E-state index in [1.807, 2.05) is 25.1 Å². The number of hydrogen-bond acceptors (Lipinski definition) is 2. The molecule has 0 aromatic heterocycles. The fourth-order valence-corrected chi connectivity index (χ4v) is 2.65. The minimum atomic E-state index is -0.300. The van der Waals surface area contributed by atoms with Crippen LogP contribution < -0.4 is 10.2 Å². The van der Waals surface area contributed by atoms with Crippen LogP contribution in [0.3, 0.4) is 0 Å². The third-order valence-corrected chi connectivity index (χ3v) is 3.78. The first-order valence-corrected chi connectivity index (χ1v) is 7.09. The van der Waals surface area contributed by atoms with E-state index < -0.39 is 0 Å². The second-order valence-electron chi connectivity index (χ2n) is 5.11. The first-order chi connectivity index (χ1) is 10.2. The first-order valence-electron chi connectivity index (χ1n) is 7.09. The molecule has 0 aliphatic carbocycles. The predicted molar refractivity (Wildman–Crippen MR) is 80.7 cm³/mol. The number of nitrogens with one attached hydrogen (secondary N) is 1. The van der Waals surface area contributed by atoms with E-state index >= 15 is 0 Å². The summed E-state index contributed by atoms with van der Waals surface area (Å²) in [5, 5.41) is 3.27. The van der Waals surface area contributed by atoms with Gasteiger partial charge in [0.25, 0.3) is 5.91 Å². The van der Waals surface area contributed by atoms with Gasteiger partial charge in [0.15, 0.2) is 0 Å². The summed E-state index contributed by atoms with van der Waals surface area (Å²) in [6.07, 6.45) is 0. The third-order valence-electron chi connectivity index (χ3n) is 3.78. The van der Waals surface area contributed by atoms with E-state index in [0.29, 0.717) is 17.8 Å². The lowest BCUT2D eigenvalue weighted by molar-refractivity contribution is 0.0988. The van der Waals surface area contributed by atoms with Crippen molar-refractivity contribution in [2.24, 2.45) is 0 Å². The maximum atomic E-state index is 13.0. The van der Waals surface area contributed by atoms with Crippen LogP contribution >= 0.6 is 0 Å². The van der Waals surface area contributed by atoms with Crippen LogP contribution in [0, 0.1) is 5.82 Å². The number of anilines is 1. The van der Waals surface area contributed by atoms with Crippen LogP contribution in [0.4, 0.5) is 10.1 Å². The molecule has 0 fully saturated rings. The van der Waals surface area contributed by atoms with E-state index in [-0.39, 0.29) is 11.7 Å². The number of amides is 1. The van der Waals surface area contributed by atoms with Gasteiger partial charge in [0.05, 0.1) is 0 Å². The van der Waals surface area contributed by atoms with Gasteiger partial charge in [0, 0.05) is 30.9 Å². The number of carbonyl (C=O) groups is 1. The molecule has 1 N–H and O–H groups in total. The SMILES string of the molecule is CCN(C(=O)c1ccc2c(c1)CNC2)c1ccc(F)cc1. The normalized spacial score (nSPS) is 13.0. The Morgan fingerprint density at radius 1 is 1.14 bits per heavy atom. The van der Waals surface area contributed by atoms with Crippen LogP contribution in [0.15, 0.2) is 42.5 Å². The number of benzene rings is 2. The maximum absolute atomic E-state index is 13.0. The molecule has 1 aliphatic heterocycles. The van der Waals surface area contributed by atoms with Crippen LogP contribution in [-0.4, -0.2) is 12.5 Å². The average molecular weight is 284 g/mol. The maximum Gasteiger partial charge on any atom is 0.258 e. The highest BCUT2D eigenvalue weighted by Gasteiger charge is 2.18. The molecule has 1 amide bonds. The number of nitrogens with zero attached hydrogens (tertiary/aromatic N) is 1. The van der Waals surface area contributed by atoms with E-state index in [0.717, 1.165) is 13.1 Å². The fraction of sp³-hybridized carbons (Fsp3) is 0.235. The molecule has 0 saturated heterocycles. The minimum absolute atomic E-state index is 0.0567.